The minimum atomic E-state index is -1.15. The van der Waals surface area contributed by atoms with Crippen LogP contribution < -0.4 is 15.9 Å². The van der Waals surface area contributed by atoms with Gasteiger partial charge in [-0.1, -0.05) is 35.9 Å². The Hall–Kier alpha value is -2.02. The van der Waals surface area contributed by atoms with Gasteiger partial charge in [0, 0.05) is 15.6 Å². The van der Waals surface area contributed by atoms with Crippen molar-refractivity contribution >= 4 is 35.4 Å². The fraction of sp³-hybridized carbons (Fsp3) is 0.182. The van der Waals surface area contributed by atoms with E-state index in [4.69, 9.17) is 11.6 Å². The molecule has 3 aromatic carbocycles. The van der Waals surface area contributed by atoms with Crippen LogP contribution >= 0.6 is 19.5 Å². The zero-order chi connectivity index (χ0) is 19.0. The molecule has 0 aliphatic rings. The summed E-state index contributed by atoms with van der Waals surface area (Å²) in [5.74, 6) is 0.556. The van der Waals surface area contributed by atoms with Crippen molar-refractivity contribution in [2.45, 2.75) is 27.7 Å². The SMILES string of the molecule is Cc1cc(C)c(O)c(P(c2cccc(Cl)c2)c2cc(C)cc(C)c2O)c1. The van der Waals surface area contributed by atoms with E-state index in [1.165, 1.54) is 0 Å². The number of hydrogen-bond donors (Lipinski definition) is 2. The highest BCUT2D eigenvalue weighted by Gasteiger charge is 2.25. The highest BCUT2D eigenvalue weighted by atomic mass is 35.5. The second-order valence-electron chi connectivity index (χ2n) is 6.71. The standard InChI is InChI=1S/C22H22ClO2P/c1-13-8-15(3)21(24)19(10-13)26(18-7-5-6-17(23)12-18)20-11-14(2)9-16(4)22(20)25/h5-12,24-25H,1-4H3. The number of phenols is 2. The normalized spacial score (nSPS) is 11.2. The molecule has 3 aromatic rings. The summed E-state index contributed by atoms with van der Waals surface area (Å²) in [6.07, 6.45) is 0. The van der Waals surface area contributed by atoms with E-state index in [-0.39, 0.29) is 11.5 Å². The van der Waals surface area contributed by atoms with E-state index in [2.05, 4.69) is 0 Å². The van der Waals surface area contributed by atoms with Crippen LogP contribution in [0.4, 0.5) is 0 Å². The Morgan fingerprint density at radius 3 is 1.69 bits per heavy atom. The molecular weight excluding hydrogens is 363 g/mol. The summed E-state index contributed by atoms with van der Waals surface area (Å²) in [7, 11) is -1.15. The third-order valence-electron chi connectivity index (χ3n) is 4.40. The molecule has 2 N–H and O–H groups in total. The van der Waals surface area contributed by atoms with Crippen LogP contribution in [0.15, 0.2) is 48.5 Å². The van der Waals surface area contributed by atoms with Crippen LogP contribution in [0.1, 0.15) is 22.3 Å². The number of benzene rings is 3. The van der Waals surface area contributed by atoms with Gasteiger partial charge in [-0.05, 0) is 87.4 Å². The molecule has 0 saturated carbocycles. The Balaban J connectivity index is 2.36. The molecule has 4 heteroatoms. The van der Waals surface area contributed by atoms with Crippen molar-refractivity contribution < 1.29 is 10.2 Å². The second kappa shape index (κ2) is 7.31. The van der Waals surface area contributed by atoms with Gasteiger partial charge in [0.2, 0.25) is 0 Å². The summed E-state index contributed by atoms with van der Waals surface area (Å²) in [5.41, 5.74) is 3.82. The maximum atomic E-state index is 10.8. The Kier molecular flexibility index (Phi) is 5.27. The number of phenolic OH excluding ortho intramolecular Hbond substituents is 2. The molecule has 0 fully saturated rings. The molecule has 3 rings (SSSR count). The van der Waals surface area contributed by atoms with Gasteiger partial charge in [0.1, 0.15) is 11.5 Å². The highest BCUT2D eigenvalue weighted by molar-refractivity contribution is 7.80. The quantitative estimate of drug-likeness (QED) is 0.640. The molecule has 26 heavy (non-hydrogen) atoms. The molecular formula is C22H22ClO2P. The maximum absolute atomic E-state index is 10.8. The third kappa shape index (κ3) is 3.58. The van der Waals surface area contributed by atoms with Gasteiger partial charge in [0.15, 0.2) is 0 Å². The van der Waals surface area contributed by atoms with Gasteiger partial charge in [0.05, 0.1) is 0 Å². The summed E-state index contributed by atoms with van der Waals surface area (Å²) in [6, 6.07) is 15.6. The van der Waals surface area contributed by atoms with E-state index >= 15 is 0 Å². The van der Waals surface area contributed by atoms with Crippen LogP contribution in [0.2, 0.25) is 5.02 Å². The van der Waals surface area contributed by atoms with Crippen LogP contribution in [-0.4, -0.2) is 10.2 Å². The number of aromatic hydroxyl groups is 2. The van der Waals surface area contributed by atoms with Crippen molar-refractivity contribution in [3.8, 4) is 11.5 Å². The first-order valence-corrected chi connectivity index (χ1v) is 10.2. The molecule has 0 spiro atoms. The first kappa shape index (κ1) is 18.8. The lowest BCUT2D eigenvalue weighted by Gasteiger charge is -2.24. The van der Waals surface area contributed by atoms with E-state index in [9.17, 15) is 10.2 Å². The second-order valence-corrected chi connectivity index (χ2v) is 9.30. The summed E-state index contributed by atoms with van der Waals surface area (Å²) >= 11 is 6.25. The molecule has 0 radical (unpaired) electrons. The fourth-order valence-corrected chi connectivity index (χ4v) is 6.27. The molecule has 134 valence electrons. The predicted molar refractivity (Wildman–Crippen MR) is 112 cm³/mol. The fourth-order valence-electron chi connectivity index (χ4n) is 3.24. The topological polar surface area (TPSA) is 40.5 Å². The molecule has 0 aliphatic heterocycles. The average molecular weight is 385 g/mol. The predicted octanol–water partition coefficient (Wildman–Crippen LogP) is 4.74. The van der Waals surface area contributed by atoms with Crippen LogP contribution in [0.5, 0.6) is 11.5 Å². The zero-order valence-electron chi connectivity index (χ0n) is 15.3. The summed E-state index contributed by atoms with van der Waals surface area (Å²) < 4.78 is 0. The third-order valence-corrected chi connectivity index (χ3v) is 7.07. The first-order valence-electron chi connectivity index (χ1n) is 8.44. The van der Waals surface area contributed by atoms with Crippen molar-refractivity contribution in [3.63, 3.8) is 0 Å². The molecule has 0 amide bonds. The lowest BCUT2D eigenvalue weighted by molar-refractivity contribution is 0.475. The van der Waals surface area contributed by atoms with Gasteiger partial charge >= 0.3 is 0 Å². The highest BCUT2D eigenvalue weighted by Crippen LogP contribution is 2.41. The van der Waals surface area contributed by atoms with Gasteiger partial charge in [-0.2, -0.15) is 0 Å². The monoisotopic (exact) mass is 384 g/mol. The molecule has 0 atom stereocenters. The van der Waals surface area contributed by atoms with Crippen molar-refractivity contribution in [3.05, 3.63) is 75.8 Å². The van der Waals surface area contributed by atoms with Gasteiger partial charge in [-0.3, -0.25) is 0 Å². The van der Waals surface area contributed by atoms with E-state index < -0.39 is 7.92 Å². The molecule has 0 saturated heterocycles. The Morgan fingerprint density at radius 1 is 0.731 bits per heavy atom. The number of aryl methyl sites for hydroxylation is 4. The van der Waals surface area contributed by atoms with Crippen molar-refractivity contribution in [1.82, 2.24) is 0 Å². The average Bonchev–Trinajstić information content (AvgIpc) is 2.56. The van der Waals surface area contributed by atoms with E-state index in [0.717, 1.165) is 38.2 Å². The minimum absolute atomic E-state index is 0.278. The largest absolute Gasteiger partial charge is 0.507 e. The number of halogens is 1. The van der Waals surface area contributed by atoms with Crippen molar-refractivity contribution in [1.29, 1.82) is 0 Å². The van der Waals surface area contributed by atoms with Crippen molar-refractivity contribution in [2.75, 3.05) is 0 Å². The Morgan fingerprint density at radius 2 is 1.23 bits per heavy atom. The molecule has 0 aromatic heterocycles. The maximum Gasteiger partial charge on any atom is 0.126 e. The van der Waals surface area contributed by atoms with Crippen LogP contribution in [0.3, 0.4) is 0 Å². The van der Waals surface area contributed by atoms with Crippen molar-refractivity contribution in [2.24, 2.45) is 0 Å². The summed E-state index contributed by atoms with van der Waals surface area (Å²) in [6.45, 7) is 7.84. The lowest BCUT2D eigenvalue weighted by atomic mass is 10.1. The molecule has 0 aliphatic carbocycles. The van der Waals surface area contributed by atoms with Gasteiger partial charge in [0.25, 0.3) is 0 Å². The van der Waals surface area contributed by atoms with Crippen LogP contribution in [0.25, 0.3) is 0 Å². The molecule has 0 heterocycles. The molecule has 0 bridgehead atoms. The van der Waals surface area contributed by atoms with Crippen LogP contribution in [0, 0.1) is 27.7 Å². The van der Waals surface area contributed by atoms with Crippen LogP contribution in [-0.2, 0) is 0 Å². The lowest BCUT2D eigenvalue weighted by Crippen LogP contribution is -2.22. The van der Waals surface area contributed by atoms with Gasteiger partial charge < -0.3 is 10.2 Å². The van der Waals surface area contributed by atoms with Gasteiger partial charge in [-0.15, -0.1) is 0 Å². The first-order chi connectivity index (χ1) is 12.3. The number of hydrogen-bond acceptors (Lipinski definition) is 2. The minimum Gasteiger partial charge on any atom is -0.507 e. The van der Waals surface area contributed by atoms with E-state index in [1.54, 1.807) is 0 Å². The zero-order valence-corrected chi connectivity index (χ0v) is 17.0. The van der Waals surface area contributed by atoms with E-state index in [0.29, 0.717) is 5.02 Å². The van der Waals surface area contributed by atoms with Gasteiger partial charge in [-0.25, -0.2) is 0 Å². The summed E-state index contributed by atoms with van der Waals surface area (Å²) in [5, 5.41) is 24.9. The smallest absolute Gasteiger partial charge is 0.126 e. The molecule has 0 unspecified atom stereocenters. The van der Waals surface area contributed by atoms with E-state index in [1.807, 2.05) is 76.2 Å². The Bertz CT molecular complexity index is 925. The Labute approximate surface area is 160 Å². The number of rotatable bonds is 3. The molecule has 2 nitrogen and oxygen atoms in total. The summed E-state index contributed by atoms with van der Waals surface area (Å²) in [4.78, 5) is 0.